The summed E-state index contributed by atoms with van der Waals surface area (Å²) in [5.41, 5.74) is 1.17. The zero-order chi connectivity index (χ0) is 13.7. The van der Waals surface area contributed by atoms with Crippen LogP contribution in [0.3, 0.4) is 0 Å². The van der Waals surface area contributed by atoms with Gasteiger partial charge < -0.3 is 0 Å². The number of carbonyl (C=O) groups is 1. The van der Waals surface area contributed by atoms with E-state index in [0.717, 1.165) is 18.6 Å². The van der Waals surface area contributed by atoms with Crippen molar-refractivity contribution in [2.24, 2.45) is 0 Å². The van der Waals surface area contributed by atoms with Gasteiger partial charge in [-0.3, -0.25) is 9.00 Å². The first-order chi connectivity index (χ1) is 9.19. The molecule has 0 saturated carbocycles. The molecule has 19 heavy (non-hydrogen) atoms. The Morgan fingerprint density at radius 3 is 2.74 bits per heavy atom. The first kappa shape index (κ1) is 14.8. The first-order valence-corrected chi connectivity index (χ1v) is 9.09. The molecular formula is C15H20O2S2. The topological polar surface area (TPSA) is 34.1 Å². The fraction of sp³-hybridized carbons (Fsp3) is 0.533. The van der Waals surface area contributed by atoms with E-state index in [1.807, 2.05) is 37.3 Å². The molecule has 0 radical (unpaired) electrons. The summed E-state index contributed by atoms with van der Waals surface area (Å²) in [6, 6.07) is 10.0. The number of Topliss-reactive ketones (excluding diaryl/α,β-unsaturated/α-hetero) is 1. The normalized spacial score (nSPS) is 27.1. The molecule has 0 spiro atoms. The van der Waals surface area contributed by atoms with Gasteiger partial charge in [-0.15, -0.1) is 11.8 Å². The number of rotatable bonds is 5. The van der Waals surface area contributed by atoms with E-state index in [2.05, 4.69) is 0 Å². The average molecular weight is 296 g/mol. The third kappa shape index (κ3) is 3.29. The van der Waals surface area contributed by atoms with Gasteiger partial charge in [-0.1, -0.05) is 37.3 Å². The van der Waals surface area contributed by atoms with Gasteiger partial charge in [0.05, 0.1) is 0 Å². The van der Waals surface area contributed by atoms with Gasteiger partial charge >= 0.3 is 0 Å². The highest BCUT2D eigenvalue weighted by Crippen LogP contribution is 2.39. The number of benzene rings is 1. The lowest BCUT2D eigenvalue weighted by molar-refractivity contribution is -0.119. The SMILES string of the molecule is CC[C@@]1(C(=O)CCc2ccccc2)SCCCS1=O. The Balaban J connectivity index is 2.03. The highest BCUT2D eigenvalue weighted by molar-refractivity contribution is 8.14. The van der Waals surface area contributed by atoms with Crippen molar-refractivity contribution in [3.63, 3.8) is 0 Å². The van der Waals surface area contributed by atoms with Crippen molar-refractivity contribution in [3.05, 3.63) is 35.9 Å². The van der Waals surface area contributed by atoms with Crippen molar-refractivity contribution >= 4 is 28.3 Å². The molecule has 1 aromatic rings. The Kier molecular flexibility index (Phi) is 5.22. The average Bonchev–Trinajstić information content (AvgIpc) is 2.46. The van der Waals surface area contributed by atoms with Gasteiger partial charge in [0.25, 0.3) is 0 Å². The van der Waals surface area contributed by atoms with Crippen LogP contribution in [0.4, 0.5) is 0 Å². The van der Waals surface area contributed by atoms with Gasteiger partial charge in [-0.25, -0.2) is 0 Å². The van der Waals surface area contributed by atoms with Gasteiger partial charge in [0, 0.05) is 23.0 Å². The summed E-state index contributed by atoms with van der Waals surface area (Å²) in [7, 11) is -1.01. The molecule has 1 fully saturated rings. The van der Waals surface area contributed by atoms with Crippen LogP contribution in [-0.4, -0.2) is 25.6 Å². The van der Waals surface area contributed by atoms with Crippen LogP contribution in [0.1, 0.15) is 31.7 Å². The molecule has 2 atom stereocenters. The zero-order valence-corrected chi connectivity index (χ0v) is 12.9. The van der Waals surface area contributed by atoms with Gasteiger partial charge in [0.2, 0.25) is 0 Å². The van der Waals surface area contributed by atoms with Crippen molar-refractivity contribution in [1.29, 1.82) is 0 Å². The van der Waals surface area contributed by atoms with Crippen molar-refractivity contribution in [3.8, 4) is 0 Å². The van der Waals surface area contributed by atoms with E-state index in [-0.39, 0.29) is 5.78 Å². The number of carbonyl (C=O) groups excluding carboxylic acids is 1. The maximum Gasteiger partial charge on any atom is 0.161 e. The summed E-state index contributed by atoms with van der Waals surface area (Å²) >= 11 is 1.61. The first-order valence-electron chi connectivity index (χ1n) is 6.78. The second-order valence-corrected chi connectivity index (χ2v) is 8.22. The molecule has 0 bridgehead atoms. The van der Waals surface area contributed by atoms with Crippen molar-refractivity contribution in [1.82, 2.24) is 0 Å². The monoisotopic (exact) mass is 296 g/mol. The standard InChI is InChI=1S/C15H20O2S2/c1-2-15(18-11-6-12-19(15)17)14(16)10-9-13-7-4-3-5-8-13/h3-5,7-8H,2,6,9-12H2,1H3/t15-,19?/m1/s1. The van der Waals surface area contributed by atoms with E-state index in [1.54, 1.807) is 11.8 Å². The number of ketones is 1. The Morgan fingerprint density at radius 2 is 2.11 bits per heavy atom. The molecule has 0 aromatic heterocycles. The molecule has 1 saturated heterocycles. The van der Waals surface area contributed by atoms with Crippen LogP contribution in [0.5, 0.6) is 0 Å². The van der Waals surface area contributed by atoms with E-state index in [4.69, 9.17) is 0 Å². The maximum absolute atomic E-state index is 12.5. The summed E-state index contributed by atoms with van der Waals surface area (Å²) in [6.45, 7) is 1.98. The van der Waals surface area contributed by atoms with Crippen LogP contribution in [-0.2, 0) is 22.0 Å². The fourth-order valence-corrected chi connectivity index (χ4v) is 6.13. The molecule has 0 amide bonds. The quantitative estimate of drug-likeness (QED) is 0.837. The van der Waals surface area contributed by atoms with E-state index in [0.29, 0.717) is 18.6 Å². The lowest BCUT2D eigenvalue weighted by atomic mass is 10.0. The molecule has 1 unspecified atom stereocenters. The molecule has 1 aromatic carbocycles. The third-order valence-electron chi connectivity index (χ3n) is 3.55. The number of hydrogen-bond donors (Lipinski definition) is 0. The predicted octanol–water partition coefficient (Wildman–Crippen LogP) is 3.18. The molecule has 2 rings (SSSR count). The number of hydrogen-bond acceptors (Lipinski definition) is 3. The number of thioether (sulfide) groups is 1. The van der Waals surface area contributed by atoms with Crippen LogP contribution < -0.4 is 0 Å². The van der Waals surface area contributed by atoms with Crippen LogP contribution in [0.15, 0.2) is 30.3 Å². The largest absolute Gasteiger partial charge is 0.297 e. The minimum absolute atomic E-state index is 0.168. The summed E-state index contributed by atoms with van der Waals surface area (Å²) in [6.07, 6.45) is 2.89. The van der Waals surface area contributed by atoms with Crippen LogP contribution >= 0.6 is 11.8 Å². The summed E-state index contributed by atoms with van der Waals surface area (Å²) in [5, 5.41) is 0. The van der Waals surface area contributed by atoms with E-state index >= 15 is 0 Å². The van der Waals surface area contributed by atoms with Crippen molar-refractivity contribution < 1.29 is 9.00 Å². The van der Waals surface area contributed by atoms with Crippen LogP contribution in [0.25, 0.3) is 0 Å². The van der Waals surface area contributed by atoms with Gasteiger partial charge in [-0.2, -0.15) is 0 Å². The van der Waals surface area contributed by atoms with Crippen molar-refractivity contribution in [2.45, 2.75) is 36.7 Å². The summed E-state index contributed by atoms with van der Waals surface area (Å²) in [4.78, 5) is 12.5. The molecule has 1 heterocycles. The van der Waals surface area contributed by atoms with E-state index < -0.39 is 14.9 Å². The Hall–Kier alpha value is -0.610. The third-order valence-corrected chi connectivity index (χ3v) is 7.85. The van der Waals surface area contributed by atoms with Crippen LogP contribution in [0, 0.1) is 0 Å². The summed E-state index contributed by atoms with van der Waals surface area (Å²) < 4.78 is 11.6. The number of aryl methyl sites for hydroxylation is 1. The zero-order valence-electron chi connectivity index (χ0n) is 11.3. The molecule has 1 aliphatic heterocycles. The molecule has 1 aliphatic rings. The molecule has 0 aliphatic carbocycles. The molecule has 104 valence electrons. The lowest BCUT2D eigenvalue weighted by Crippen LogP contribution is -2.43. The minimum atomic E-state index is -1.01. The fourth-order valence-electron chi connectivity index (χ4n) is 2.42. The predicted molar refractivity (Wildman–Crippen MR) is 82.9 cm³/mol. The van der Waals surface area contributed by atoms with Gasteiger partial charge in [0.1, 0.15) is 4.08 Å². The van der Waals surface area contributed by atoms with E-state index in [1.165, 1.54) is 5.56 Å². The van der Waals surface area contributed by atoms with Gasteiger partial charge in [0.15, 0.2) is 5.78 Å². The summed E-state index contributed by atoms with van der Waals surface area (Å²) in [5.74, 6) is 1.80. The Labute approximate surface area is 121 Å². The lowest BCUT2D eigenvalue weighted by Gasteiger charge is -2.33. The van der Waals surface area contributed by atoms with Gasteiger partial charge in [-0.05, 0) is 30.6 Å². The highest BCUT2D eigenvalue weighted by atomic mass is 32.2. The van der Waals surface area contributed by atoms with E-state index in [9.17, 15) is 9.00 Å². The smallest absolute Gasteiger partial charge is 0.161 e. The highest BCUT2D eigenvalue weighted by Gasteiger charge is 2.44. The second kappa shape index (κ2) is 6.71. The maximum atomic E-state index is 12.5. The minimum Gasteiger partial charge on any atom is -0.297 e. The van der Waals surface area contributed by atoms with Crippen molar-refractivity contribution in [2.75, 3.05) is 11.5 Å². The molecule has 4 heteroatoms. The molecule has 0 N–H and O–H groups in total. The molecular weight excluding hydrogens is 276 g/mol. The molecule has 2 nitrogen and oxygen atoms in total. The second-order valence-electron chi connectivity index (χ2n) is 4.77. The van der Waals surface area contributed by atoms with Crippen LogP contribution in [0.2, 0.25) is 0 Å². The Bertz CT molecular complexity index is 458. The Morgan fingerprint density at radius 1 is 1.37 bits per heavy atom.